The van der Waals surface area contributed by atoms with Crippen LogP contribution in [-0.2, 0) is 4.79 Å². The van der Waals surface area contributed by atoms with Gasteiger partial charge in [0, 0.05) is 6.08 Å². The van der Waals surface area contributed by atoms with Crippen molar-refractivity contribution in [3.63, 3.8) is 0 Å². The average Bonchev–Trinajstić information content (AvgIpc) is 2.25. The van der Waals surface area contributed by atoms with E-state index in [1.807, 2.05) is 0 Å². The van der Waals surface area contributed by atoms with Gasteiger partial charge in [0.05, 0.1) is 5.69 Å². The molecule has 1 aromatic carbocycles. The maximum atomic E-state index is 10.5. The number of hydrogen-bond donors (Lipinski definition) is 2. The summed E-state index contributed by atoms with van der Waals surface area (Å²) in [5.41, 5.74) is 12.0. The lowest BCUT2D eigenvalue weighted by atomic mass is 10.1. The van der Waals surface area contributed by atoms with E-state index in [1.54, 1.807) is 30.4 Å². The Morgan fingerprint density at radius 2 is 2.25 bits per heavy atom. The van der Waals surface area contributed by atoms with Crippen LogP contribution < -0.4 is 16.2 Å². The zero-order valence-electron chi connectivity index (χ0n) is 8.85. The fourth-order valence-electron chi connectivity index (χ4n) is 1.13. The van der Waals surface area contributed by atoms with Gasteiger partial charge in [0.1, 0.15) is 12.4 Å². The van der Waals surface area contributed by atoms with Crippen molar-refractivity contribution in [1.29, 1.82) is 0 Å². The van der Waals surface area contributed by atoms with Crippen LogP contribution in [0, 0.1) is 0 Å². The summed E-state index contributed by atoms with van der Waals surface area (Å²) in [6.45, 7) is 3.95. The zero-order valence-corrected chi connectivity index (χ0v) is 8.85. The summed E-state index contributed by atoms with van der Waals surface area (Å²) in [5.74, 6) is 0.0988. The van der Waals surface area contributed by atoms with Crippen molar-refractivity contribution in [3.8, 4) is 5.75 Å². The van der Waals surface area contributed by atoms with Gasteiger partial charge in [-0.1, -0.05) is 18.7 Å². The number of nitrogen functional groups attached to an aromatic ring is 1. The lowest BCUT2D eigenvalue weighted by molar-refractivity contribution is -0.113. The maximum Gasteiger partial charge on any atom is 0.241 e. The molecule has 0 aliphatic heterocycles. The number of rotatable bonds is 5. The summed E-state index contributed by atoms with van der Waals surface area (Å²) in [6, 6.07) is 5.23. The molecule has 0 heterocycles. The number of ether oxygens (including phenoxy) is 1. The molecule has 0 unspecified atom stereocenters. The molecule has 0 saturated carbocycles. The first-order chi connectivity index (χ1) is 7.63. The third kappa shape index (κ3) is 3.49. The smallest absolute Gasteiger partial charge is 0.241 e. The van der Waals surface area contributed by atoms with Crippen molar-refractivity contribution in [3.05, 3.63) is 42.5 Å². The number of carbonyl (C=O) groups is 1. The van der Waals surface area contributed by atoms with Crippen LogP contribution in [0.15, 0.2) is 36.9 Å². The average molecular weight is 218 g/mol. The Kier molecular flexibility index (Phi) is 4.15. The molecule has 1 rings (SSSR count). The third-order valence-electron chi connectivity index (χ3n) is 1.83. The first kappa shape index (κ1) is 11.8. The molecule has 0 aliphatic rings. The van der Waals surface area contributed by atoms with Crippen LogP contribution in [0.2, 0.25) is 0 Å². The topological polar surface area (TPSA) is 78.3 Å². The predicted octanol–water partition coefficient (Wildman–Crippen LogP) is 1.33. The minimum Gasteiger partial charge on any atom is -0.487 e. The summed E-state index contributed by atoms with van der Waals surface area (Å²) in [6.07, 6.45) is 4.51. The second-order valence-electron chi connectivity index (χ2n) is 3.13. The molecule has 0 fully saturated rings. The van der Waals surface area contributed by atoms with Crippen LogP contribution in [0.5, 0.6) is 5.75 Å². The minimum absolute atomic E-state index is 0.403. The van der Waals surface area contributed by atoms with Crippen molar-refractivity contribution < 1.29 is 9.53 Å². The summed E-state index contributed by atoms with van der Waals surface area (Å²) in [5, 5.41) is 0. The molecule has 0 aromatic heterocycles. The molecule has 1 amide bonds. The molecule has 0 spiro atoms. The number of hydrogen-bond acceptors (Lipinski definition) is 3. The fourth-order valence-corrected chi connectivity index (χ4v) is 1.13. The van der Waals surface area contributed by atoms with Crippen molar-refractivity contribution in [1.82, 2.24) is 0 Å². The zero-order chi connectivity index (χ0) is 12.0. The molecule has 4 N–H and O–H groups in total. The Morgan fingerprint density at radius 3 is 2.81 bits per heavy atom. The standard InChI is InChI=1S/C12H14N2O2/c1-2-7-16-11-5-3-9(8-10(11)13)4-6-12(14)15/h2-6,8H,1,7,13H2,(H2,14,15)/b6-4-. The van der Waals surface area contributed by atoms with E-state index in [1.165, 1.54) is 6.08 Å². The molecule has 4 heteroatoms. The molecule has 16 heavy (non-hydrogen) atoms. The summed E-state index contributed by atoms with van der Waals surface area (Å²) < 4.78 is 5.31. The molecular weight excluding hydrogens is 204 g/mol. The van der Waals surface area contributed by atoms with E-state index in [4.69, 9.17) is 16.2 Å². The number of anilines is 1. The number of amides is 1. The van der Waals surface area contributed by atoms with E-state index in [0.717, 1.165) is 5.56 Å². The van der Waals surface area contributed by atoms with Gasteiger partial charge in [0.25, 0.3) is 0 Å². The van der Waals surface area contributed by atoms with Gasteiger partial charge in [-0.15, -0.1) is 0 Å². The second kappa shape index (κ2) is 5.60. The van der Waals surface area contributed by atoms with Gasteiger partial charge in [-0.25, -0.2) is 0 Å². The quantitative estimate of drug-likeness (QED) is 0.444. The van der Waals surface area contributed by atoms with Crippen LogP contribution in [0.3, 0.4) is 0 Å². The molecule has 1 aromatic rings. The van der Waals surface area contributed by atoms with Crippen LogP contribution in [0.4, 0.5) is 5.69 Å². The molecule has 4 nitrogen and oxygen atoms in total. The molecular formula is C12H14N2O2. The second-order valence-corrected chi connectivity index (χ2v) is 3.13. The number of nitrogens with two attached hydrogens (primary N) is 2. The Bertz CT molecular complexity index is 425. The van der Waals surface area contributed by atoms with Gasteiger partial charge >= 0.3 is 0 Å². The van der Waals surface area contributed by atoms with E-state index in [9.17, 15) is 4.79 Å². The monoisotopic (exact) mass is 218 g/mol. The lowest BCUT2D eigenvalue weighted by Gasteiger charge is -2.07. The van der Waals surface area contributed by atoms with Crippen molar-refractivity contribution in [2.45, 2.75) is 0 Å². The Balaban J connectivity index is 2.82. The van der Waals surface area contributed by atoms with Gasteiger partial charge in [-0.3, -0.25) is 4.79 Å². The number of benzene rings is 1. The summed E-state index contributed by atoms with van der Waals surface area (Å²) in [7, 11) is 0. The molecule has 0 radical (unpaired) electrons. The SMILES string of the molecule is C=CCOc1ccc(/C=C\C(N)=O)cc1N. The predicted molar refractivity (Wildman–Crippen MR) is 64.8 cm³/mol. The van der Waals surface area contributed by atoms with E-state index in [2.05, 4.69) is 6.58 Å². The maximum absolute atomic E-state index is 10.5. The van der Waals surface area contributed by atoms with Crippen LogP contribution in [-0.4, -0.2) is 12.5 Å². The molecule has 0 bridgehead atoms. The van der Waals surface area contributed by atoms with Crippen LogP contribution in [0.25, 0.3) is 6.08 Å². The largest absolute Gasteiger partial charge is 0.487 e. The Morgan fingerprint density at radius 1 is 1.50 bits per heavy atom. The van der Waals surface area contributed by atoms with Crippen molar-refractivity contribution >= 4 is 17.7 Å². The van der Waals surface area contributed by atoms with Gasteiger partial charge in [0.2, 0.25) is 5.91 Å². The highest BCUT2D eigenvalue weighted by Gasteiger charge is 1.99. The minimum atomic E-state index is -0.495. The molecule has 0 atom stereocenters. The van der Waals surface area contributed by atoms with E-state index in [0.29, 0.717) is 18.0 Å². The highest BCUT2D eigenvalue weighted by atomic mass is 16.5. The highest BCUT2D eigenvalue weighted by molar-refractivity contribution is 5.90. The van der Waals surface area contributed by atoms with E-state index < -0.39 is 5.91 Å². The van der Waals surface area contributed by atoms with Crippen LogP contribution in [0.1, 0.15) is 5.56 Å². The van der Waals surface area contributed by atoms with E-state index >= 15 is 0 Å². The van der Waals surface area contributed by atoms with Gasteiger partial charge in [0.15, 0.2) is 0 Å². The van der Waals surface area contributed by atoms with Crippen molar-refractivity contribution in [2.24, 2.45) is 5.73 Å². The van der Waals surface area contributed by atoms with E-state index in [-0.39, 0.29) is 0 Å². The first-order valence-corrected chi connectivity index (χ1v) is 4.74. The van der Waals surface area contributed by atoms with Gasteiger partial charge in [-0.05, 0) is 23.8 Å². The van der Waals surface area contributed by atoms with Crippen molar-refractivity contribution in [2.75, 3.05) is 12.3 Å². The third-order valence-corrected chi connectivity index (χ3v) is 1.83. The summed E-state index contributed by atoms with van der Waals surface area (Å²) >= 11 is 0. The van der Waals surface area contributed by atoms with Gasteiger partial charge < -0.3 is 16.2 Å². The summed E-state index contributed by atoms with van der Waals surface area (Å²) in [4.78, 5) is 10.5. The number of primary amides is 1. The molecule has 84 valence electrons. The fraction of sp³-hybridized carbons (Fsp3) is 0.0833. The lowest BCUT2D eigenvalue weighted by Crippen LogP contribution is -2.05. The molecule has 0 saturated heterocycles. The molecule has 0 aliphatic carbocycles. The van der Waals surface area contributed by atoms with Gasteiger partial charge in [-0.2, -0.15) is 0 Å². The number of carbonyl (C=O) groups excluding carboxylic acids is 1. The Labute approximate surface area is 94.2 Å². The Hall–Kier alpha value is -2.23. The first-order valence-electron chi connectivity index (χ1n) is 4.74. The normalized spacial score (nSPS) is 10.2. The highest BCUT2D eigenvalue weighted by Crippen LogP contribution is 2.23. The van der Waals surface area contributed by atoms with Crippen LogP contribution >= 0.6 is 0 Å².